The Balaban J connectivity index is 1.54. The Morgan fingerprint density at radius 1 is 1.40 bits per heavy atom. The van der Waals surface area contributed by atoms with Gasteiger partial charge in [-0.3, -0.25) is 4.79 Å². The molecule has 1 fully saturated rings. The van der Waals surface area contributed by atoms with Gasteiger partial charge in [0.05, 0.1) is 6.61 Å². The van der Waals surface area contributed by atoms with E-state index in [9.17, 15) is 4.79 Å². The summed E-state index contributed by atoms with van der Waals surface area (Å²) in [5.41, 5.74) is 1.50. The highest BCUT2D eigenvalue weighted by molar-refractivity contribution is 5.98. The largest absolute Gasteiger partial charge is 0.494 e. The van der Waals surface area contributed by atoms with E-state index in [1.807, 2.05) is 36.1 Å². The van der Waals surface area contributed by atoms with Gasteiger partial charge in [0.2, 0.25) is 0 Å². The van der Waals surface area contributed by atoms with Crippen molar-refractivity contribution in [2.45, 2.75) is 25.7 Å². The van der Waals surface area contributed by atoms with Crippen LogP contribution in [-0.2, 0) is 0 Å². The lowest BCUT2D eigenvalue weighted by atomic mass is 9.97. The minimum atomic E-state index is 0.00218. The number of carbonyl (C=O) groups excluding carboxylic acids is 1. The number of ether oxygens (including phenoxy) is 1. The number of nitrogens with one attached hydrogen (secondary N) is 2. The number of H-pyrrole nitrogens is 2. The van der Waals surface area contributed by atoms with Crippen LogP contribution in [0.15, 0.2) is 24.3 Å². The van der Waals surface area contributed by atoms with Gasteiger partial charge in [-0.25, -0.2) is 0 Å². The first-order valence-electron chi connectivity index (χ1n) is 8.53. The molecule has 0 radical (unpaired) electrons. The molecule has 1 saturated heterocycles. The number of nitrogens with zero attached hydrogens (tertiary/aromatic N) is 4. The molecule has 1 unspecified atom stereocenters. The predicted molar refractivity (Wildman–Crippen MR) is 91.5 cm³/mol. The minimum absolute atomic E-state index is 0.00218. The van der Waals surface area contributed by atoms with Crippen molar-refractivity contribution < 1.29 is 9.53 Å². The summed E-state index contributed by atoms with van der Waals surface area (Å²) >= 11 is 0. The number of piperidine rings is 1. The number of aromatic amines is 2. The predicted octanol–water partition coefficient (Wildman–Crippen LogP) is 2.10. The maximum Gasteiger partial charge on any atom is 0.270 e. The summed E-state index contributed by atoms with van der Waals surface area (Å²) in [5.74, 6) is 1.61. The van der Waals surface area contributed by atoms with Crippen molar-refractivity contribution in [1.29, 1.82) is 0 Å². The summed E-state index contributed by atoms with van der Waals surface area (Å²) in [5, 5.41) is 15.2. The van der Waals surface area contributed by atoms with E-state index in [-0.39, 0.29) is 11.8 Å². The fourth-order valence-corrected chi connectivity index (χ4v) is 3.36. The van der Waals surface area contributed by atoms with Crippen LogP contribution in [0.5, 0.6) is 5.75 Å². The number of benzene rings is 1. The number of fused-ring (bicyclic) bond motifs is 1. The molecule has 1 aliphatic heterocycles. The Labute approximate surface area is 144 Å². The van der Waals surface area contributed by atoms with Crippen molar-refractivity contribution in [1.82, 2.24) is 30.5 Å². The monoisotopic (exact) mass is 340 g/mol. The number of likely N-dealkylation sites (tertiary alicyclic amines) is 1. The highest BCUT2D eigenvalue weighted by Crippen LogP contribution is 2.26. The topological polar surface area (TPSA) is 99.8 Å². The molecule has 2 aromatic heterocycles. The van der Waals surface area contributed by atoms with Gasteiger partial charge in [0.15, 0.2) is 5.82 Å². The maximum atomic E-state index is 12.9. The molecular weight excluding hydrogens is 320 g/mol. The first kappa shape index (κ1) is 15.6. The van der Waals surface area contributed by atoms with Gasteiger partial charge in [-0.15, -0.1) is 10.2 Å². The van der Waals surface area contributed by atoms with Crippen LogP contribution >= 0.6 is 0 Å². The van der Waals surface area contributed by atoms with E-state index in [1.165, 1.54) is 0 Å². The summed E-state index contributed by atoms with van der Waals surface area (Å²) < 4.78 is 5.52. The van der Waals surface area contributed by atoms with Crippen LogP contribution in [0.3, 0.4) is 0 Å². The fraction of sp³-hybridized carbons (Fsp3) is 0.412. The molecule has 0 aliphatic carbocycles. The molecule has 1 amide bonds. The zero-order valence-electron chi connectivity index (χ0n) is 14.0. The molecule has 1 aliphatic rings. The van der Waals surface area contributed by atoms with Gasteiger partial charge >= 0.3 is 0 Å². The molecular formula is C17H20N6O2. The Morgan fingerprint density at radius 3 is 3.12 bits per heavy atom. The number of carbonyl (C=O) groups is 1. The van der Waals surface area contributed by atoms with Gasteiger partial charge < -0.3 is 14.6 Å². The highest BCUT2D eigenvalue weighted by Gasteiger charge is 2.28. The summed E-state index contributed by atoms with van der Waals surface area (Å²) in [6, 6.07) is 7.70. The van der Waals surface area contributed by atoms with Gasteiger partial charge in [0.25, 0.3) is 5.91 Å². The van der Waals surface area contributed by atoms with Crippen LogP contribution in [0.4, 0.5) is 0 Å². The quantitative estimate of drug-likeness (QED) is 0.757. The molecule has 3 heterocycles. The number of hydrogen-bond acceptors (Lipinski definition) is 5. The summed E-state index contributed by atoms with van der Waals surface area (Å²) in [6.45, 7) is 3.91. The van der Waals surface area contributed by atoms with E-state index >= 15 is 0 Å². The van der Waals surface area contributed by atoms with Crippen LogP contribution in [0.1, 0.15) is 42.0 Å². The number of amides is 1. The van der Waals surface area contributed by atoms with Crippen LogP contribution < -0.4 is 4.74 Å². The molecule has 0 saturated carbocycles. The molecule has 0 bridgehead atoms. The normalized spacial score (nSPS) is 17.8. The van der Waals surface area contributed by atoms with Crippen LogP contribution in [-0.4, -0.2) is 56.1 Å². The maximum absolute atomic E-state index is 12.9. The third-order valence-corrected chi connectivity index (χ3v) is 4.57. The van der Waals surface area contributed by atoms with Gasteiger partial charge in [-0.2, -0.15) is 5.21 Å². The number of rotatable bonds is 4. The fourth-order valence-electron chi connectivity index (χ4n) is 3.36. The van der Waals surface area contributed by atoms with Crippen molar-refractivity contribution in [2.24, 2.45) is 0 Å². The Kier molecular flexibility index (Phi) is 4.09. The zero-order chi connectivity index (χ0) is 17.2. The molecule has 130 valence electrons. The third-order valence-electron chi connectivity index (χ3n) is 4.57. The van der Waals surface area contributed by atoms with Gasteiger partial charge in [0.1, 0.15) is 11.4 Å². The molecule has 3 aromatic rings. The second kappa shape index (κ2) is 6.54. The van der Waals surface area contributed by atoms with Crippen LogP contribution in [0.2, 0.25) is 0 Å². The standard InChI is InChI=1S/C17H20N6O2/c1-2-25-13-6-5-11-8-15(18-14(11)9-13)17(24)23-7-3-4-12(10-23)16-19-21-22-20-16/h5-6,8-9,12,18H,2-4,7,10H2,1H3,(H,19,20,21,22). The lowest BCUT2D eigenvalue weighted by Crippen LogP contribution is -2.39. The Morgan fingerprint density at radius 2 is 2.32 bits per heavy atom. The summed E-state index contributed by atoms with van der Waals surface area (Å²) in [4.78, 5) is 18.0. The lowest BCUT2D eigenvalue weighted by molar-refractivity contribution is 0.0699. The van der Waals surface area contributed by atoms with E-state index in [4.69, 9.17) is 4.74 Å². The Bertz CT molecular complexity index is 873. The highest BCUT2D eigenvalue weighted by atomic mass is 16.5. The number of tetrazole rings is 1. The zero-order valence-corrected chi connectivity index (χ0v) is 14.0. The molecule has 2 N–H and O–H groups in total. The molecule has 8 nitrogen and oxygen atoms in total. The third kappa shape index (κ3) is 3.07. The first-order chi connectivity index (χ1) is 12.2. The lowest BCUT2D eigenvalue weighted by Gasteiger charge is -2.30. The molecule has 1 aromatic carbocycles. The number of hydrogen-bond donors (Lipinski definition) is 2. The SMILES string of the molecule is CCOc1ccc2cc(C(=O)N3CCCC(c4nn[nH]n4)C3)[nH]c2c1. The van der Waals surface area contributed by atoms with E-state index in [0.717, 1.165) is 36.0 Å². The van der Waals surface area contributed by atoms with Crippen molar-refractivity contribution in [3.05, 3.63) is 35.8 Å². The van der Waals surface area contributed by atoms with Crippen LogP contribution in [0, 0.1) is 0 Å². The second-order valence-corrected chi connectivity index (χ2v) is 6.23. The molecule has 0 spiro atoms. The molecule has 25 heavy (non-hydrogen) atoms. The summed E-state index contributed by atoms with van der Waals surface area (Å²) in [7, 11) is 0. The van der Waals surface area contributed by atoms with Crippen molar-refractivity contribution in [2.75, 3.05) is 19.7 Å². The van der Waals surface area contributed by atoms with Gasteiger partial charge in [-0.05, 0) is 38.0 Å². The van der Waals surface area contributed by atoms with Crippen molar-refractivity contribution in [3.63, 3.8) is 0 Å². The first-order valence-corrected chi connectivity index (χ1v) is 8.53. The van der Waals surface area contributed by atoms with E-state index in [2.05, 4.69) is 25.6 Å². The average Bonchev–Trinajstić information content (AvgIpc) is 3.31. The van der Waals surface area contributed by atoms with E-state index < -0.39 is 0 Å². The second-order valence-electron chi connectivity index (χ2n) is 6.23. The molecule has 4 rings (SSSR count). The minimum Gasteiger partial charge on any atom is -0.494 e. The summed E-state index contributed by atoms with van der Waals surface area (Å²) in [6.07, 6.45) is 1.90. The number of aromatic nitrogens is 5. The van der Waals surface area contributed by atoms with E-state index in [0.29, 0.717) is 24.7 Å². The van der Waals surface area contributed by atoms with Gasteiger partial charge in [0, 0.05) is 36.0 Å². The molecule has 1 atom stereocenters. The van der Waals surface area contributed by atoms with Crippen molar-refractivity contribution >= 4 is 16.8 Å². The van der Waals surface area contributed by atoms with E-state index in [1.54, 1.807) is 0 Å². The average molecular weight is 340 g/mol. The van der Waals surface area contributed by atoms with Gasteiger partial charge in [-0.1, -0.05) is 5.21 Å². The van der Waals surface area contributed by atoms with Crippen molar-refractivity contribution in [3.8, 4) is 5.75 Å². The van der Waals surface area contributed by atoms with Crippen LogP contribution in [0.25, 0.3) is 10.9 Å². The molecule has 8 heteroatoms. The smallest absolute Gasteiger partial charge is 0.270 e. The Hall–Kier alpha value is -2.90.